The molecule has 0 aliphatic heterocycles. The Morgan fingerprint density at radius 3 is 2.16 bits per heavy atom. The van der Waals surface area contributed by atoms with E-state index in [2.05, 4.69) is 5.32 Å². The van der Waals surface area contributed by atoms with Crippen molar-refractivity contribution in [3.8, 4) is 11.8 Å². The second-order valence-corrected chi connectivity index (χ2v) is 6.37. The molecule has 0 radical (unpaired) electrons. The Kier molecular flexibility index (Phi) is 5.43. The van der Waals surface area contributed by atoms with Crippen LogP contribution in [0.3, 0.4) is 0 Å². The highest BCUT2D eigenvalue weighted by Crippen LogP contribution is 2.23. The number of hydrogen-bond acceptors (Lipinski definition) is 6. The van der Waals surface area contributed by atoms with Crippen molar-refractivity contribution in [3.63, 3.8) is 0 Å². The third-order valence-corrected chi connectivity index (χ3v) is 3.13. The monoisotopic (exact) mass is 350 g/mol. The first-order chi connectivity index (χ1) is 11.7. The predicted octanol–water partition coefficient (Wildman–Crippen LogP) is 1.91. The Labute approximate surface area is 145 Å². The molecule has 0 saturated carbocycles. The largest absolute Gasteiger partial charge is 0.492 e. The molecule has 136 valence electrons. The summed E-state index contributed by atoms with van der Waals surface area (Å²) in [6.45, 7) is 5.15. The zero-order valence-corrected chi connectivity index (χ0v) is 14.2. The lowest BCUT2D eigenvalue weighted by Gasteiger charge is -2.27. The van der Waals surface area contributed by atoms with Crippen molar-refractivity contribution >= 4 is 6.09 Å². The van der Waals surface area contributed by atoms with Gasteiger partial charge in [0.05, 0.1) is 0 Å². The maximum absolute atomic E-state index is 12.1. The van der Waals surface area contributed by atoms with Crippen LogP contribution in [-0.4, -0.2) is 38.0 Å². The summed E-state index contributed by atoms with van der Waals surface area (Å²) in [6, 6.07) is 10.0. The maximum atomic E-state index is 12.1. The molecule has 0 aliphatic rings. The van der Waals surface area contributed by atoms with Gasteiger partial charge in [-0.2, -0.15) is 0 Å². The van der Waals surface area contributed by atoms with Gasteiger partial charge in [-0.05, 0) is 26.3 Å². The molecule has 25 heavy (non-hydrogen) atoms. The van der Waals surface area contributed by atoms with Gasteiger partial charge in [-0.1, -0.05) is 30.3 Å². The molecule has 0 fully saturated rings. The highest BCUT2D eigenvalue weighted by atomic mass is 16.7. The second kappa shape index (κ2) is 7.35. The number of ether oxygens (including phenoxy) is 1. The summed E-state index contributed by atoms with van der Waals surface area (Å²) in [7, 11) is 0. The van der Waals surface area contributed by atoms with Crippen LogP contribution in [0.1, 0.15) is 32.4 Å². The van der Waals surface area contributed by atoms with Crippen LogP contribution in [0.15, 0.2) is 42.5 Å². The molecular weight excluding hydrogens is 328 g/mol. The van der Waals surface area contributed by atoms with Gasteiger partial charge in [-0.25, -0.2) is 4.79 Å². The summed E-state index contributed by atoms with van der Waals surface area (Å²) in [4.78, 5) is 17.2. The van der Waals surface area contributed by atoms with Gasteiger partial charge in [0.15, 0.2) is 0 Å². The molecule has 8 heteroatoms. The van der Waals surface area contributed by atoms with E-state index in [0.29, 0.717) is 10.3 Å². The summed E-state index contributed by atoms with van der Waals surface area (Å²) in [5.74, 6) is -0.804. The molecule has 8 nitrogen and oxygen atoms in total. The van der Waals surface area contributed by atoms with E-state index in [0.717, 1.165) is 0 Å². The number of carbonyl (C=O) groups excluding carboxylic acids is 1. The number of aliphatic hydroxyl groups excluding tert-OH is 1. The van der Waals surface area contributed by atoms with Crippen molar-refractivity contribution in [2.24, 2.45) is 0 Å². The molecule has 0 bridgehead atoms. The first kappa shape index (κ1) is 18.5. The van der Waals surface area contributed by atoms with E-state index in [1.54, 1.807) is 51.1 Å². The lowest BCUT2D eigenvalue weighted by atomic mass is 10.1. The third kappa shape index (κ3) is 5.05. The zero-order valence-electron chi connectivity index (χ0n) is 14.2. The quantitative estimate of drug-likeness (QED) is 0.613. The Hall–Kier alpha value is -2.87. The van der Waals surface area contributed by atoms with E-state index < -0.39 is 35.8 Å². The molecule has 0 saturated heterocycles. The first-order valence-corrected chi connectivity index (χ1v) is 7.67. The van der Waals surface area contributed by atoms with Crippen molar-refractivity contribution in [1.29, 1.82) is 0 Å². The number of aromatic hydroxyl groups is 2. The van der Waals surface area contributed by atoms with E-state index in [9.17, 15) is 20.1 Å². The number of nitrogens with zero attached hydrogens (tertiary/aromatic N) is 1. The Bertz CT molecular complexity index is 688. The Morgan fingerprint density at radius 1 is 1.08 bits per heavy atom. The molecule has 0 spiro atoms. The Morgan fingerprint density at radius 2 is 1.64 bits per heavy atom. The average Bonchev–Trinajstić information content (AvgIpc) is 2.83. The van der Waals surface area contributed by atoms with Crippen molar-refractivity contribution in [2.45, 2.75) is 38.7 Å². The van der Waals surface area contributed by atoms with E-state index in [4.69, 9.17) is 9.57 Å². The van der Waals surface area contributed by atoms with E-state index in [1.807, 2.05) is 0 Å². The van der Waals surface area contributed by atoms with E-state index in [-0.39, 0.29) is 0 Å². The number of amides is 1. The van der Waals surface area contributed by atoms with E-state index >= 15 is 0 Å². The van der Waals surface area contributed by atoms with Gasteiger partial charge in [0, 0.05) is 12.1 Å². The first-order valence-electron chi connectivity index (χ1n) is 7.67. The number of hydrogen-bond donors (Lipinski definition) is 4. The number of rotatable bonds is 5. The van der Waals surface area contributed by atoms with Gasteiger partial charge in [0.1, 0.15) is 11.6 Å². The van der Waals surface area contributed by atoms with Gasteiger partial charge in [-0.15, -0.1) is 4.73 Å². The minimum absolute atomic E-state index is 0.402. The second-order valence-electron chi connectivity index (χ2n) is 6.37. The van der Waals surface area contributed by atoms with Gasteiger partial charge in [0.25, 0.3) is 0 Å². The fourth-order valence-corrected chi connectivity index (χ4v) is 2.09. The summed E-state index contributed by atoms with van der Waals surface area (Å²) in [5, 5.41) is 32.2. The molecule has 2 atom stereocenters. The van der Waals surface area contributed by atoms with Gasteiger partial charge in [-0.3, -0.25) is 0 Å². The highest BCUT2D eigenvalue weighted by Gasteiger charge is 2.28. The van der Waals surface area contributed by atoms with Crippen LogP contribution < -0.4 is 10.2 Å². The number of benzene rings is 1. The number of aromatic nitrogens is 1. The van der Waals surface area contributed by atoms with Gasteiger partial charge in [0.2, 0.25) is 18.1 Å². The van der Waals surface area contributed by atoms with Crippen molar-refractivity contribution in [3.05, 3.63) is 48.0 Å². The predicted molar refractivity (Wildman–Crippen MR) is 88.9 cm³/mol. The molecule has 0 aliphatic carbocycles. The van der Waals surface area contributed by atoms with Crippen LogP contribution in [0.2, 0.25) is 0 Å². The van der Waals surface area contributed by atoms with Crippen LogP contribution >= 0.6 is 0 Å². The van der Waals surface area contributed by atoms with Crippen LogP contribution in [0.25, 0.3) is 0 Å². The molecule has 1 heterocycles. The summed E-state index contributed by atoms with van der Waals surface area (Å²) in [6.07, 6.45) is -2.36. The summed E-state index contributed by atoms with van der Waals surface area (Å²) in [5.41, 5.74) is -0.166. The molecule has 1 unspecified atom stereocenters. The van der Waals surface area contributed by atoms with Gasteiger partial charge < -0.3 is 30.2 Å². The summed E-state index contributed by atoms with van der Waals surface area (Å²) >= 11 is 0. The van der Waals surface area contributed by atoms with Crippen LogP contribution in [0.4, 0.5) is 4.79 Å². The number of carbonyl (C=O) groups is 1. The van der Waals surface area contributed by atoms with Crippen molar-refractivity contribution in [2.75, 3.05) is 0 Å². The number of aliphatic hydroxyl groups is 1. The maximum Gasteiger partial charge on any atom is 0.408 e. The molecule has 2 rings (SSSR count). The van der Waals surface area contributed by atoms with E-state index in [1.165, 1.54) is 12.1 Å². The normalized spacial score (nSPS) is 13.8. The SMILES string of the molecule is CC(C)(C)OC(=O)NC(c1ccccc1)[C@H](O)On1c(O)ccc1O. The molecule has 1 amide bonds. The van der Waals surface area contributed by atoms with Gasteiger partial charge >= 0.3 is 6.09 Å². The average molecular weight is 350 g/mol. The van der Waals surface area contributed by atoms with Crippen molar-refractivity contribution < 1.29 is 29.7 Å². The smallest absolute Gasteiger partial charge is 0.408 e. The standard InChI is InChI=1S/C17H22N2O6/c1-17(2,3)24-16(23)18-14(11-7-5-4-6-8-11)15(22)25-19-12(20)9-10-13(19)21/h4-10,14-15,20-22H,1-3H3,(H,18,23)/t14?,15-/m1/s1. The lowest BCUT2D eigenvalue weighted by molar-refractivity contribution is -0.132. The number of alkyl carbamates (subject to hydrolysis) is 1. The molecule has 1 aromatic heterocycles. The lowest BCUT2D eigenvalue weighted by Crippen LogP contribution is -2.43. The molecule has 4 N–H and O–H groups in total. The Balaban J connectivity index is 2.21. The molecule has 2 aromatic rings. The highest BCUT2D eigenvalue weighted by molar-refractivity contribution is 5.68. The molecule has 1 aromatic carbocycles. The zero-order chi connectivity index (χ0) is 18.6. The summed E-state index contributed by atoms with van der Waals surface area (Å²) < 4.78 is 5.85. The minimum Gasteiger partial charge on any atom is -0.492 e. The fraction of sp³-hybridized carbons (Fsp3) is 0.353. The minimum atomic E-state index is -1.61. The van der Waals surface area contributed by atoms with Crippen molar-refractivity contribution in [1.82, 2.24) is 10.0 Å². The van der Waals surface area contributed by atoms with Crippen LogP contribution in [0, 0.1) is 0 Å². The fourth-order valence-electron chi connectivity index (χ4n) is 2.09. The number of nitrogens with one attached hydrogen (secondary N) is 1. The topological polar surface area (TPSA) is 113 Å². The third-order valence-electron chi connectivity index (χ3n) is 3.13. The molecular formula is C17H22N2O6. The van der Waals surface area contributed by atoms with Crippen LogP contribution in [-0.2, 0) is 4.74 Å². The van der Waals surface area contributed by atoms with Crippen LogP contribution in [0.5, 0.6) is 11.8 Å².